The molecule has 38 heavy (non-hydrogen) atoms. The molecule has 0 bridgehead atoms. The lowest BCUT2D eigenvalue weighted by molar-refractivity contribution is 0.0794. The Balaban J connectivity index is 1.97. The summed E-state index contributed by atoms with van der Waals surface area (Å²) in [7, 11) is -7.90. The van der Waals surface area contributed by atoms with Gasteiger partial charge in [-0.15, -0.1) is 0 Å². The monoisotopic (exact) mass is 601 g/mol. The normalized spacial score (nSPS) is 14.9. The summed E-state index contributed by atoms with van der Waals surface area (Å²) in [6, 6.07) is 8.39. The molecular formula is C25H30Cl2N3O6PS. The van der Waals surface area contributed by atoms with Crippen molar-refractivity contribution in [1.29, 1.82) is 0 Å². The molecule has 1 aliphatic rings. The van der Waals surface area contributed by atoms with Gasteiger partial charge in [-0.05, 0) is 62.1 Å². The molecule has 9 nitrogen and oxygen atoms in total. The van der Waals surface area contributed by atoms with E-state index in [1.54, 1.807) is 28.8 Å². The van der Waals surface area contributed by atoms with Crippen molar-refractivity contribution < 1.29 is 27.6 Å². The first-order valence-electron chi connectivity index (χ1n) is 12.2. The summed E-state index contributed by atoms with van der Waals surface area (Å²) in [6.07, 6.45) is 3.23. The molecule has 0 unspecified atom stereocenters. The number of anilines is 1. The predicted molar refractivity (Wildman–Crippen MR) is 150 cm³/mol. The van der Waals surface area contributed by atoms with Crippen molar-refractivity contribution >= 4 is 63.3 Å². The summed E-state index contributed by atoms with van der Waals surface area (Å²) in [5, 5.41) is -1.35. The zero-order chi connectivity index (χ0) is 28.0. The Morgan fingerprint density at radius 2 is 1.63 bits per heavy atom. The first-order valence-corrected chi connectivity index (χ1v) is 16.0. The predicted octanol–water partition coefficient (Wildman–Crippen LogP) is 5.61. The molecule has 0 saturated carbocycles. The maximum absolute atomic E-state index is 14.2. The van der Waals surface area contributed by atoms with Crippen LogP contribution in [-0.4, -0.2) is 51.9 Å². The highest BCUT2D eigenvalue weighted by Crippen LogP contribution is 2.59. The average Bonchev–Trinajstić information content (AvgIpc) is 3.49. The first kappa shape index (κ1) is 28.9. The molecule has 0 radical (unpaired) electrons. The van der Waals surface area contributed by atoms with Crippen LogP contribution in [-0.2, 0) is 21.6 Å². The van der Waals surface area contributed by atoms with E-state index in [9.17, 15) is 27.6 Å². The molecule has 1 fully saturated rings. The molecule has 1 aromatic heterocycles. The van der Waals surface area contributed by atoms with Crippen LogP contribution in [0.4, 0.5) is 5.69 Å². The van der Waals surface area contributed by atoms with Gasteiger partial charge in [0.05, 0.1) is 21.7 Å². The summed E-state index contributed by atoms with van der Waals surface area (Å²) in [5.74, 6) is -0.106. The number of nitrogens with zero attached hydrogens (tertiary/aromatic N) is 3. The largest absolute Gasteiger partial charge is 0.351 e. The molecule has 2 aromatic carbocycles. The maximum Gasteiger partial charge on any atom is 0.351 e. The number of aromatic nitrogens is 1. The number of hydrogen-bond acceptors (Lipinski definition) is 4. The Kier molecular flexibility index (Phi) is 7.98. The molecule has 2 N–H and O–H groups in total. The number of likely N-dealkylation sites (tertiary alicyclic amines) is 1. The van der Waals surface area contributed by atoms with Crippen molar-refractivity contribution in [3.63, 3.8) is 0 Å². The number of hydrogen-bond donors (Lipinski definition) is 2. The van der Waals surface area contributed by atoms with Crippen molar-refractivity contribution in [2.45, 2.75) is 49.7 Å². The second-order valence-corrected chi connectivity index (χ2v) is 14.0. The van der Waals surface area contributed by atoms with Crippen molar-refractivity contribution in [3.8, 4) is 0 Å². The third kappa shape index (κ3) is 4.87. The molecule has 1 saturated heterocycles. The van der Waals surface area contributed by atoms with Gasteiger partial charge in [0.15, 0.2) is 5.28 Å². The minimum Gasteiger partial charge on any atom is -0.350 e. The van der Waals surface area contributed by atoms with E-state index >= 15 is 0 Å². The van der Waals surface area contributed by atoms with Crippen LogP contribution in [0.15, 0.2) is 47.5 Å². The topological polar surface area (TPSA) is 120 Å². The molecule has 0 spiro atoms. The van der Waals surface area contributed by atoms with Crippen LogP contribution < -0.4 is 4.31 Å². The number of sulfonamides is 1. The number of carbonyl (C=O) groups is 1. The Bertz CT molecular complexity index is 1520. The third-order valence-electron chi connectivity index (χ3n) is 7.26. The van der Waals surface area contributed by atoms with Crippen molar-refractivity contribution in [1.82, 2.24) is 9.47 Å². The SMILES string of the molecule is CCC(CC)(N(c1ccc2c(C(=O)N3CCCC3)cn(C)c2c1)S(=O)(=O)c1cc(Cl)cc(Cl)c1)P(=O)(O)O. The molecule has 3 aromatic rings. The fourth-order valence-electron chi connectivity index (χ4n) is 5.21. The molecule has 0 atom stereocenters. The van der Waals surface area contributed by atoms with Crippen LogP contribution in [0.3, 0.4) is 0 Å². The van der Waals surface area contributed by atoms with Gasteiger partial charge in [-0.25, -0.2) is 12.7 Å². The molecule has 13 heteroatoms. The highest BCUT2D eigenvalue weighted by Gasteiger charge is 2.54. The molecule has 1 amide bonds. The minimum absolute atomic E-state index is 0.0435. The van der Waals surface area contributed by atoms with Crippen LogP contribution >= 0.6 is 30.8 Å². The van der Waals surface area contributed by atoms with Gasteiger partial charge in [-0.1, -0.05) is 37.0 Å². The molecule has 2 heterocycles. The number of amides is 1. The second kappa shape index (κ2) is 10.5. The van der Waals surface area contributed by atoms with E-state index in [0.717, 1.165) is 17.1 Å². The lowest BCUT2D eigenvalue weighted by atomic mass is 10.1. The van der Waals surface area contributed by atoms with Gasteiger partial charge in [0, 0.05) is 41.8 Å². The smallest absolute Gasteiger partial charge is 0.350 e. The van der Waals surface area contributed by atoms with Gasteiger partial charge in [0.1, 0.15) is 0 Å². The van der Waals surface area contributed by atoms with Crippen LogP contribution in [0.2, 0.25) is 10.0 Å². The van der Waals surface area contributed by atoms with Gasteiger partial charge >= 0.3 is 7.60 Å². The fraction of sp³-hybridized carbons (Fsp3) is 0.400. The van der Waals surface area contributed by atoms with E-state index in [4.69, 9.17) is 23.2 Å². The lowest BCUT2D eigenvalue weighted by Crippen LogP contribution is -2.51. The number of aryl methyl sites for hydroxylation is 1. The highest BCUT2D eigenvalue weighted by molar-refractivity contribution is 7.93. The molecule has 4 rings (SSSR count). The summed E-state index contributed by atoms with van der Waals surface area (Å²) in [6.45, 7) is 4.42. The number of benzene rings is 2. The van der Waals surface area contributed by atoms with Gasteiger partial charge < -0.3 is 19.3 Å². The van der Waals surface area contributed by atoms with Crippen molar-refractivity contribution in [3.05, 3.63) is 58.2 Å². The summed E-state index contributed by atoms with van der Waals surface area (Å²) < 4.78 is 43.8. The molecule has 206 valence electrons. The quantitative estimate of drug-likeness (QED) is 0.324. The van der Waals surface area contributed by atoms with E-state index in [-0.39, 0.29) is 39.4 Å². The van der Waals surface area contributed by atoms with E-state index in [1.807, 2.05) is 0 Å². The summed E-state index contributed by atoms with van der Waals surface area (Å²) in [4.78, 5) is 35.7. The maximum atomic E-state index is 14.2. The van der Waals surface area contributed by atoms with Crippen LogP contribution in [0, 0.1) is 0 Å². The number of carbonyl (C=O) groups excluding carboxylic acids is 1. The Labute approximate surface area is 232 Å². The zero-order valence-electron chi connectivity index (χ0n) is 21.3. The van der Waals surface area contributed by atoms with Crippen LogP contribution in [0.25, 0.3) is 10.9 Å². The van der Waals surface area contributed by atoms with Gasteiger partial charge in [0.25, 0.3) is 15.9 Å². The number of rotatable bonds is 8. The van der Waals surface area contributed by atoms with E-state index in [0.29, 0.717) is 29.6 Å². The third-order valence-corrected chi connectivity index (χ3v) is 11.6. The molecule has 1 aliphatic heterocycles. The lowest BCUT2D eigenvalue weighted by Gasteiger charge is -2.43. The van der Waals surface area contributed by atoms with Crippen LogP contribution in [0.1, 0.15) is 49.9 Å². The standard InChI is InChI=1S/C25H30Cl2N3O6PS/c1-4-25(5-2,37(32,33)34)30(38(35,36)20-13-17(26)12-18(27)14-20)19-8-9-21-22(16-28(3)23(21)15-19)24(31)29-10-6-7-11-29/h8-9,12-16H,4-7,10-11H2,1-3H3,(H2,32,33,34). The van der Waals surface area contributed by atoms with E-state index < -0.39 is 22.9 Å². The highest BCUT2D eigenvalue weighted by atomic mass is 35.5. The van der Waals surface area contributed by atoms with Gasteiger partial charge in [-0.3, -0.25) is 9.36 Å². The molecular weight excluding hydrogens is 572 g/mol. The zero-order valence-corrected chi connectivity index (χ0v) is 24.5. The Morgan fingerprint density at radius 3 is 2.16 bits per heavy atom. The number of fused-ring (bicyclic) bond motifs is 1. The van der Waals surface area contributed by atoms with Crippen molar-refractivity contribution in [2.75, 3.05) is 17.4 Å². The van der Waals surface area contributed by atoms with E-state index in [1.165, 1.54) is 44.2 Å². The van der Waals surface area contributed by atoms with Crippen molar-refractivity contribution in [2.24, 2.45) is 7.05 Å². The van der Waals surface area contributed by atoms with Gasteiger partial charge in [0.2, 0.25) is 0 Å². The summed E-state index contributed by atoms with van der Waals surface area (Å²) >= 11 is 12.2. The second-order valence-electron chi connectivity index (χ2n) is 9.46. The Morgan fingerprint density at radius 1 is 1.05 bits per heavy atom. The first-order chi connectivity index (χ1) is 17.8. The average molecular weight is 602 g/mol. The number of halogens is 2. The minimum atomic E-state index is -5.05. The van der Waals surface area contributed by atoms with E-state index in [2.05, 4.69) is 0 Å². The Hall–Kier alpha value is -2.07. The molecule has 0 aliphatic carbocycles. The van der Waals surface area contributed by atoms with Gasteiger partial charge in [-0.2, -0.15) is 0 Å². The summed E-state index contributed by atoms with van der Waals surface area (Å²) in [5.41, 5.74) is 1.07. The van der Waals surface area contributed by atoms with Crippen LogP contribution in [0.5, 0.6) is 0 Å². The fourth-order valence-corrected chi connectivity index (χ4v) is 9.55.